The van der Waals surface area contributed by atoms with Crippen LogP contribution >= 0.6 is 0 Å². The molecule has 0 aromatic heterocycles. The lowest BCUT2D eigenvalue weighted by atomic mass is 9.84. The van der Waals surface area contributed by atoms with Gasteiger partial charge in [0.05, 0.1) is 0 Å². The van der Waals surface area contributed by atoms with E-state index in [2.05, 4.69) is 27.7 Å². The van der Waals surface area contributed by atoms with Crippen LogP contribution in [0.5, 0.6) is 0 Å². The first-order valence-electron chi connectivity index (χ1n) is 7.08. The van der Waals surface area contributed by atoms with E-state index in [0.717, 1.165) is 23.7 Å². The molecule has 2 aliphatic carbocycles. The van der Waals surface area contributed by atoms with E-state index in [1.807, 2.05) is 0 Å². The molecule has 2 aliphatic rings. The van der Waals surface area contributed by atoms with E-state index in [-0.39, 0.29) is 0 Å². The van der Waals surface area contributed by atoms with Crippen molar-refractivity contribution in [1.82, 2.24) is 0 Å². The second-order valence-corrected chi connectivity index (χ2v) is 6.40. The van der Waals surface area contributed by atoms with E-state index < -0.39 is 0 Å². The number of hydrogen-bond acceptors (Lipinski definition) is 0. The molecule has 2 saturated carbocycles. The van der Waals surface area contributed by atoms with Gasteiger partial charge in [0, 0.05) is 0 Å². The Hall–Kier alpha value is 0. The smallest absolute Gasteiger partial charge is 0.0440 e. The zero-order valence-corrected chi connectivity index (χ0v) is 11.3. The van der Waals surface area contributed by atoms with Gasteiger partial charge in [-0.3, -0.25) is 0 Å². The molecule has 0 bridgehead atoms. The van der Waals surface area contributed by atoms with Gasteiger partial charge in [-0.15, -0.1) is 0 Å². The molecule has 2 fully saturated rings. The Bertz CT molecular complexity index is 145. The Labute approximate surface area is 96.8 Å². The molecular formula is C15H30. The maximum atomic E-state index is 2.37. The minimum Gasteiger partial charge on any atom is -0.0625 e. The quantitative estimate of drug-likeness (QED) is 0.510. The first-order chi connectivity index (χ1) is 7.08. The van der Waals surface area contributed by atoms with Crippen molar-refractivity contribution in [3.05, 3.63) is 0 Å². The summed E-state index contributed by atoms with van der Waals surface area (Å²) in [4.78, 5) is 0. The summed E-state index contributed by atoms with van der Waals surface area (Å²) in [7, 11) is 0. The lowest BCUT2D eigenvalue weighted by Crippen LogP contribution is -2.09. The van der Waals surface area contributed by atoms with Crippen LogP contribution in [-0.2, 0) is 0 Å². The van der Waals surface area contributed by atoms with Gasteiger partial charge < -0.3 is 0 Å². The second kappa shape index (κ2) is 6.55. The van der Waals surface area contributed by atoms with Gasteiger partial charge in [0.1, 0.15) is 0 Å². The van der Waals surface area contributed by atoms with Crippen molar-refractivity contribution in [1.29, 1.82) is 0 Å². The highest BCUT2D eigenvalue weighted by Crippen LogP contribution is 2.29. The first-order valence-corrected chi connectivity index (χ1v) is 7.08. The van der Waals surface area contributed by atoms with Crippen molar-refractivity contribution in [2.75, 3.05) is 0 Å². The van der Waals surface area contributed by atoms with Crippen LogP contribution in [-0.4, -0.2) is 0 Å². The molecule has 4 atom stereocenters. The minimum absolute atomic E-state index is 1.01. The number of hydrogen-bond donors (Lipinski definition) is 0. The summed E-state index contributed by atoms with van der Waals surface area (Å²) in [5.74, 6) is 4.07. The molecule has 0 radical (unpaired) electrons. The molecular weight excluding hydrogens is 180 g/mol. The fourth-order valence-electron chi connectivity index (χ4n) is 3.23. The third kappa shape index (κ3) is 5.58. The standard InChI is InChI=1S/C8H16.C7H14/c1-7-4-3-5-8(2)6-7;1-6-3-4-7(2)5-6/h7-8H,3-6H2,1-2H3;6-7H,3-5H2,1-2H3. The molecule has 0 nitrogen and oxygen atoms in total. The lowest BCUT2D eigenvalue weighted by Gasteiger charge is -2.22. The van der Waals surface area contributed by atoms with Crippen molar-refractivity contribution < 1.29 is 0 Å². The Morgan fingerprint density at radius 2 is 0.867 bits per heavy atom. The van der Waals surface area contributed by atoms with Crippen molar-refractivity contribution in [2.24, 2.45) is 23.7 Å². The Morgan fingerprint density at radius 1 is 0.533 bits per heavy atom. The monoisotopic (exact) mass is 210 g/mol. The van der Waals surface area contributed by atoms with Crippen LogP contribution in [0.2, 0.25) is 0 Å². The van der Waals surface area contributed by atoms with Crippen molar-refractivity contribution in [2.45, 2.75) is 72.6 Å². The predicted molar refractivity (Wildman–Crippen MR) is 69.0 cm³/mol. The molecule has 2 rings (SSSR count). The fraction of sp³-hybridized carbons (Fsp3) is 1.00. The molecule has 90 valence electrons. The Kier molecular flexibility index (Phi) is 5.71. The minimum atomic E-state index is 1.01. The summed E-state index contributed by atoms with van der Waals surface area (Å²) < 4.78 is 0. The maximum Gasteiger partial charge on any atom is -0.0440 e. The summed E-state index contributed by atoms with van der Waals surface area (Å²) in [5, 5.41) is 0. The van der Waals surface area contributed by atoms with E-state index in [1.165, 1.54) is 44.9 Å². The van der Waals surface area contributed by atoms with Crippen molar-refractivity contribution in [3.63, 3.8) is 0 Å². The van der Waals surface area contributed by atoms with Crippen LogP contribution < -0.4 is 0 Å². The molecule has 0 aromatic carbocycles. The van der Waals surface area contributed by atoms with E-state index in [0.29, 0.717) is 0 Å². The molecule has 0 N–H and O–H groups in total. The van der Waals surface area contributed by atoms with E-state index >= 15 is 0 Å². The fourth-order valence-corrected chi connectivity index (χ4v) is 3.23. The average molecular weight is 210 g/mol. The molecule has 15 heavy (non-hydrogen) atoms. The van der Waals surface area contributed by atoms with Gasteiger partial charge in [-0.25, -0.2) is 0 Å². The summed E-state index contributed by atoms with van der Waals surface area (Å²) in [6, 6.07) is 0. The lowest BCUT2D eigenvalue weighted by molar-refractivity contribution is 0.301. The molecule has 0 aliphatic heterocycles. The highest BCUT2D eigenvalue weighted by atomic mass is 14.2. The summed E-state index contributed by atoms with van der Waals surface area (Å²) in [6.07, 6.45) is 10.3. The van der Waals surface area contributed by atoms with Gasteiger partial charge in [0.25, 0.3) is 0 Å². The predicted octanol–water partition coefficient (Wildman–Crippen LogP) is 5.28. The second-order valence-electron chi connectivity index (χ2n) is 6.40. The maximum absolute atomic E-state index is 2.37. The third-order valence-corrected chi connectivity index (χ3v) is 4.16. The topological polar surface area (TPSA) is 0 Å². The van der Waals surface area contributed by atoms with Gasteiger partial charge in [-0.1, -0.05) is 59.8 Å². The number of rotatable bonds is 0. The van der Waals surface area contributed by atoms with Crippen LogP contribution in [0.15, 0.2) is 0 Å². The van der Waals surface area contributed by atoms with Gasteiger partial charge in [-0.2, -0.15) is 0 Å². The largest absolute Gasteiger partial charge is 0.0625 e. The molecule has 0 spiro atoms. The molecule has 0 aromatic rings. The van der Waals surface area contributed by atoms with Gasteiger partial charge in [-0.05, 0) is 36.5 Å². The SMILES string of the molecule is CC1CCC(C)C1.CC1CCCC(C)C1. The van der Waals surface area contributed by atoms with Crippen LogP contribution in [0.1, 0.15) is 72.6 Å². The van der Waals surface area contributed by atoms with Crippen molar-refractivity contribution >= 4 is 0 Å². The molecule has 0 heterocycles. The first kappa shape index (κ1) is 13.1. The Balaban J connectivity index is 0.000000151. The van der Waals surface area contributed by atoms with Crippen molar-refractivity contribution in [3.8, 4) is 0 Å². The van der Waals surface area contributed by atoms with E-state index in [1.54, 1.807) is 0 Å². The van der Waals surface area contributed by atoms with Gasteiger partial charge in [0.15, 0.2) is 0 Å². The van der Waals surface area contributed by atoms with Crippen LogP contribution in [0.4, 0.5) is 0 Å². The van der Waals surface area contributed by atoms with Gasteiger partial charge >= 0.3 is 0 Å². The van der Waals surface area contributed by atoms with Gasteiger partial charge in [0.2, 0.25) is 0 Å². The van der Waals surface area contributed by atoms with E-state index in [4.69, 9.17) is 0 Å². The van der Waals surface area contributed by atoms with Crippen LogP contribution in [0, 0.1) is 23.7 Å². The molecule has 0 heteroatoms. The highest BCUT2D eigenvalue weighted by Gasteiger charge is 2.16. The average Bonchev–Trinajstić information content (AvgIpc) is 2.50. The Morgan fingerprint density at radius 3 is 1.07 bits per heavy atom. The highest BCUT2D eigenvalue weighted by molar-refractivity contribution is 4.68. The zero-order valence-electron chi connectivity index (χ0n) is 11.3. The molecule has 4 unspecified atom stereocenters. The third-order valence-electron chi connectivity index (χ3n) is 4.16. The zero-order chi connectivity index (χ0) is 11.3. The summed E-state index contributed by atoms with van der Waals surface area (Å²) in [5.41, 5.74) is 0. The molecule has 0 saturated heterocycles. The summed E-state index contributed by atoms with van der Waals surface area (Å²) in [6.45, 7) is 9.44. The summed E-state index contributed by atoms with van der Waals surface area (Å²) >= 11 is 0. The van der Waals surface area contributed by atoms with Crippen LogP contribution in [0.25, 0.3) is 0 Å². The normalized spacial score (nSPS) is 40.8. The van der Waals surface area contributed by atoms with E-state index in [9.17, 15) is 0 Å². The van der Waals surface area contributed by atoms with Crippen LogP contribution in [0.3, 0.4) is 0 Å². The molecule has 0 amide bonds.